The highest BCUT2D eigenvalue weighted by molar-refractivity contribution is 5.95. The number of amides is 1. The summed E-state index contributed by atoms with van der Waals surface area (Å²) in [6.07, 6.45) is 1.64. The molecule has 2 aliphatic heterocycles. The van der Waals surface area contributed by atoms with Crippen molar-refractivity contribution in [2.45, 2.75) is 25.4 Å². The second-order valence-electron chi connectivity index (χ2n) is 5.82. The number of carbonyl (C=O) groups excluding carboxylic acids is 1. The molecule has 0 radical (unpaired) electrons. The highest BCUT2D eigenvalue weighted by Gasteiger charge is 2.24. The summed E-state index contributed by atoms with van der Waals surface area (Å²) < 4.78 is 5.49. The zero-order chi connectivity index (χ0) is 14.9. The van der Waals surface area contributed by atoms with Gasteiger partial charge in [0.15, 0.2) is 0 Å². The lowest BCUT2D eigenvalue weighted by Gasteiger charge is -2.25. The minimum atomic E-state index is -0.181. The molecule has 0 spiro atoms. The quantitative estimate of drug-likeness (QED) is 0.893. The fraction of sp³-hybridized carbons (Fsp3) is 0.278. The van der Waals surface area contributed by atoms with E-state index in [1.165, 1.54) is 16.7 Å². The van der Waals surface area contributed by atoms with E-state index in [4.69, 9.17) is 4.74 Å². The zero-order valence-electron chi connectivity index (χ0n) is 12.3. The molecule has 2 aromatic carbocycles. The molecule has 0 fully saturated rings. The van der Waals surface area contributed by atoms with Crippen LogP contribution in [0.15, 0.2) is 42.5 Å². The molecule has 22 heavy (non-hydrogen) atoms. The van der Waals surface area contributed by atoms with Gasteiger partial charge >= 0.3 is 0 Å². The molecule has 1 unspecified atom stereocenters. The second-order valence-corrected chi connectivity index (χ2v) is 5.82. The third-order valence-corrected chi connectivity index (χ3v) is 4.35. The molecule has 0 bridgehead atoms. The molecule has 0 saturated heterocycles. The molecule has 2 N–H and O–H groups in total. The molecule has 4 rings (SSSR count). The molecule has 0 aliphatic carbocycles. The van der Waals surface area contributed by atoms with Gasteiger partial charge in [0.2, 0.25) is 5.91 Å². The van der Waals surface area contributed by atoms with Crippen LogP contribution in [-0.2, 0) is 24.2 Å². The van der Waals surface area contributed by atoms with E-state index < -0.39 is 0 Å². The van der Waals surface area contributed by atoms with Crippen molar-refractivity contribution in [3.8, 4) is 5.75 Å². The summed E-state index contributed by atoms with van der Waals surface area (Å²) in [4.78, 5) is 12.5. The van der Waals surface area contributed by atoms with Crippen LogP contribution in [0.3, 0.4) is 0 Å². The van der Waals surface area contributed by atoms with E-state index in [0.717, 1.165) is 37.4 Å². The standard InChI is InChI=1S/C18H18N2O2/c21-18(16-10-12-3-1-2-4-14(12)11-19-16)20-15-5-6-17-13(9-15)7-8-22-17/h1-6,9,16,19H,7-8,10-11H2,(H,20,21). The van der Waals surface area contributed by atoms with Crippen molar-refractivity contribution in [2.75, 3.05) is 11.9 Å². The first kappa shape index (κ1) is 13.3. The van der Waals surface area contributed by atoms with Gasteiger partial charge in [-0.2, -0.15) is 0 Å². The van der Waals surface area contributed by atoms with Gasteiger partial charge in [-0.15, -0.1) is 0 Å². The Hall–Kier alpha value is -2.33. The number of rotatable bonds is 2. The number of nitrogens with one attached hydrogen (secondary N) is 2. The number of hydrogen-bond acceptors (Lipinski definition) is 3. The van der Waals surface area contributed by atoms with Gasteiger partial charge in [-0.25, -0.2) is 0 Å². The van der Waals surface area contributed by atoms with Gasteiger partial charge in [-0.3, -0.25) is 4.79 Å². The van der Waals surface area contributed by atoms with E-state index in [2.05, 4.69) is 22.8 Å². The Kier molecular flexibility index (Phi) is 3.31. The minimum absolute atomic E-state index is 0.0216. The lowest BCUT2D eigenvalue weighted by Crippen LogP contribution is -2.44. The third-order valence-electron chi connectivity index (χ3n) is 4.35. The predicted molar refractivity (Wildman–Crippen MR) is 85.0 cm³/mol. The van der Waals surface area contributed by atoms with Crippen molar-refractivity contribution in [2.24, 2.45) is 0 Å². The average Bonchev–Trinajstić information content (AvgIpc) is 3.02. The molecule has 112 valence electrons. The van der Waals surface area contributed by atoms with Gasteiger partial charge in [0.05, 0.1) is 12.6 Å². The number of carbonyl (C=O) groups is 1. The molecule has 1 amide bonds. The fourth-order valence-corrected chi connectivity index (χ4v) is 3.13. The minimum Gasteiger partial charge on any atom is -0.493 e. The number of hydrogen-bond donors (Lipinski definition) is 2. The Bertz CT molecular complexity index is 727. The van der Waals surface area contributed by atoms with Crippen LogP contribution >= 0.6 is 0 Å². The molecule has 4 nitrogen and oxygen atoms in total. The van der Waals surface area contributed by atoms with Crippen LogP contribution in [-0.4, -0.2) is 18.6 Å². The molecule has 2 heterocycles. The van der Waals surface area contributed by atoms with Crippen LogP contribution in [0.2, 0.25) is 0 Å². The maximum atomic E-state index is 12.5. The maximum Gasteiger partial charge on any atom is 0.241 e. The van der Waals surface area contributed by atoms with Crippen molar-refractivity contribution in [3.63, 3.8) is 0 Å². The van der Waals surface area contributed by atoms with Crippen molar-refractivity contribution in [1.82, 2.24) is 5.32 Å². The Morgan fingerprint density at radius 1 is 1.14 bits per heavy atom. The number of fused-ring (bicyclic) bond motifs is 2. The predicted octanol–water partition coefficient (Wildman–Crippen LogP) is 2.27. The van der Waals surface area contributed by atoms with Crippen molar-refractivity contribution < 1.29 is 9.53 Å². The van der Waals surface area contributed by atoms with Gasteiger partial charge in [0.25, 0.3) is 0 Å². The lowest BCUT2D eigenvalue weighted by molar-refractivity contribution is -0.118. The zero-order valence-corrected chi connectivity index (χ0v) is 12.3. The largest absolute Gasteiger partial charge is 0.493 e. The van der Waals surface area contributed by atoms with Crippen molar-refractivity contribution in [3.05, 3.63) is 59.2 Å². The smallest absolute Gasteiger partial charge is 0.241 e. The van der Waals surface area contributed by atoms with Crippen molar-refractivity contribution in [1.29, 1.82) is 0 Å². The van der Waals surface area contributed by atoms with E-state index >= 15 is 0 Å². The summed E-state index contributed by atoms with van der Waals surface area (Å²) in [6.45, 7) is 1.47. The molecule has 1 atom stereocenters. The van der Waals surface area contributed by atoms with Gasteiger partial charge in [0.1, 0.15) is 5.75 Å². The molecule has 2 aliphatic rings. The Labute approximate surface area is 129 Å². The molecule has 0 aromatic heterocycles. The molecule has 4 heteroatoms. The third kappa shape index (κ3) is 2.46. The summed E-state index contributed by atoms with van der Waals surface area (Å²) in [7, 11) is 0. The summed E-state index contributed by atoms with van der Waals surface area (Å²) in [5, 5.41) is 6.33. The van der Waals surface area contributed by atoms with E-state index in [9.17, 15) is 4.79 Å². The Morgan fingerprint density at radius 3 is 2.91 bits per heavy atom. The van der Waals surface area contributed by atoms with Gasteiger partial charge < -0.3 is 15.4 Å². The molecule has 0 saturated carbocycles. The van der Waals surface area contributed by atoms with Gasteiger partial charge in [-0.05, 0) is 41.3 Å². The van der Waals surface area contributed by atoms with Crippen molar-refractivity contribution >= 4 is 11.6 Å². The summed E-state index contributed by atoms with van der Waals surface area (Å²) in [6, 6.07) is 13.9. The highest BCUT2D eigenvalue weighted by atomic mass is 16.5. The second kappa shape index (κ2) is 5.46. The first-order valence-electron chi connectivity index (χ1n) is 7.66. The maximum absolute atomic E-state index is 12.5. The number of ether oxygens (including phenoxy) is 1. The fourth-order valence-electron chi connectivity index (χ4n) is 3.13. The number of benzene rings is 2. The summed E-state index contributed by atoms with van der Waals surface area (Å²) in [5.74, 6) is 0.955. The first-order chi connectivity index (χ1) is 10.8. The summed E-state index contributed by atoms with van der Waals surface area (Å²) >= 11 is 0. The number of anilines is 1. The molecular formula is C18H18N2O2. The molecular weight excluding hydrogens is 276 g/mol. The monoisotopic (exact) mass is 294 g/mol. The van der Waals surface area contributed by atoms with E-state index in [1.807, 2.05) is 30.3 Å². The van der Waals surface area contributed by atoms with E-state index in [-0.39, 0.29) is 11.9 Å². The Balaban J connectivity index is 1.47. The van der Waals surface area contributed by atoms with Crippen LogP contribution in [0, 0.1) is 0 Å². The van der Waals surface area contributed by atoms with E-state index in [1.54, 1.807) is 0 Å². The Morgan fingerprint density at radius 2 is 2.00 bits per heavy atom. The van der Waals surface area contributed by atoms with Crippen LogP contribution < -0.4 is 15.4 Å². The van der Waals surface area contributed by atoms with Crippen LogP contribution in [0.5, 0.6) is 5.75 Å². The average molecular weight is 294 g/mol. The lowest BCUT2D eigenvalue weighted by atomic mass is 9.95. The first-order valence-corrected chi connectivity index (χ1v) is 7.66. The van der Waals surface area contributed by atoms with Crippen LogP contribution in [0.25, 0.3) is 0 Å². The highest BCUT2D eigenvalue weighted by Crippen LogP contribution is 2.28. The SMILES string of the molecule is O=C(Nc1ccc2c(c1)CCO2)C1Cc2ccccc2CN1. The van der Waals surface area contributed by atoms with Gasteiger partial charge in [0, 0.05) is 18.7 Å². The summed E-state index contributed by atoms with van der Waals surface area (Å²) in [5.41, 5.74) is 4.54. The molecule has 2 aromatic rings. The van der Waals surface area contributed by atoms with Gasteiger partial charge in [-0.1, -0.05) is 24.3 Å². The van der Waals surface area contributed by atoms with Crippen LogP contribution in [0.1, 0.15) is 16.7 Å². The normalized spacial score (nSPS) is 19.0. The topological polar surface area (TPSA) is 50.4 Å². The van der Waals surface area contributed by atoms with Crippen LogP contribution in [0.4, 0.5) is 5.69 Å². The van der Waals surface area contributed by atoms with E-state index in [0.29, 0.717) is 0 Å².